The van der Waals surface area contributed by atoms with Crippen molar-refractivity contribution < 1.29 is 13.2 Å². The van der Waals surface area contributed by atoms with Crippen LogP contribution in [0.25, 0.3) is 0 Å². The molecular weight excluding hydrogens is 277 g/mol. The normalized spacial score (nSPS) is 15.2. The molecule has 1 aliphatic rings. The van der Waals surface area contributed by atoms with Gasteiger partial charge in [0.1, 0.15) is 0 Å². The molecule has 5 heteroatoms. The number of hydrogen-bond acceptors (Lipinski definition) is 2. The summed E-state index contributed by atoms with van der Waals surface area (Å²) in [5.41, 5.74) is 0.547. The summed E-state index contributed by atoms with van der Waals surface area (Å²) in [5.74, 6) is 0. The minimum absolute atomic E-state index is 0.344. The Balaban J connectivity index is 2.01. The molecule has 0 heterocycles. The lowest BCUT2D eigenvalue weighted by Crippen LogP contribution is -2.10. The predicted octanol–water partition coefficient (Wildman–Crippen LogP) is 4.88. The summed E-state index contributed by atoms with van der Waals surface area (Å²) >= 11 is 0. The zero-order valence-corrected chi connectivity index (χ0v) is 11.6. The van der Waals surface area contributed by atoms with Crippen LogP contribution in [0.15, 0.2) is 29.8 Å². The molecule has 1 aromatic carbocycles. The van der Waals surface area contributed by atoms with Crippen molar-refractivity contribution in [1.82, 2.24) is 0 Å². The highest BCUT2D eigenvalue weighted by Gasteiger charge is 2.33. The van der Waals surface area contributed by atoms with Crippen LogP contribution in [0.5, 0.6) is 0 Å². The molecule has 112 valence electrons. The molecule has 0 spiro atoms. The Morgan fingerprint density at radius 2 is 2.05 bits per heavy atom. The molecule has 0 amide bonds. The SMILES string of the molecule is N#Cc1ccc(NCCC2=CCCCC2)cc1C(F)(F)F. The average Bonchev–Trinajstić information content (AvgIpc) is 2.47. The maximum atomic E-state index is 12.8. The number of alkyl halides is 3. The largest absolute Gasteiger partial charge is 0.417 e. The van der Waals surface area contributed by atoms with Gasteiger partial charge in [0.05, 0.1) is 17.2 Å². The summed E-state index contributed by atoms with van der Waals surface area (Å²) in [4.78, 5) is 0. The van der Waals surface area contributed by atoms with Crippen LogP contribution in [0.1, 0.15) is 43.2 Å². The van der Waals surface area contributed by atoms with Crippen molar-refractivity contribution in [2.75, 3.05) is 11.9 Å². The first-order valence-corrected chi connectivity index (χ1v) is 7.04. The molecule has 0 unspecified atom stereocenters. The Morgan fingerprint density at radius 3 is 2.67 bits per heavy atom. The molecule has 0 saturated heterocycles. The second-order valence-electron chi connectivity index (χ2n) is 5.15. The van der Waals surface area contributed by atoms with Gasteiger partial charge in [-0.1, -0.05) is 11.6 Å². The molecule has 0 bridgehead atoms. The van der Waals surface area contributed by atoms with Gasteiger partial charge in [-0.15, -0.1) is 0 Å². The molecule has 0 aliphatic heterocycles. The standard InChI is InChI=1S/C16H17F3N2/c17-16(18,19)15-10-14(7-6-13(15)11-20)21-9-8-12-4-2-1-3-5-12/h4,6-7,10,21H,1-3,5,8-9H2. The van der Waals surface area contributed by atoms with E-state index in [1.807, 2.05) is 0 Å². The number of benzene rings is 1. The molecule has 0 atom stereocenters. The van der Waals surface area contributed by atoms with E-state index in [9.17, 15) is 13.2 Å². The van der Waals surface area contributed by atoms with Gasteiger partial charge < -0.3 is 5.32 Å². The van der Waals surface area contributed by atoms with Gasteiger partial charge in [0.2, 0.25) is 0 Å². The van der Waals surface area contributed by atoms with Crippen molar-refractivity contribution in [2.24, 2.45) is 0 Å². The molecular formula is C16H17F3N2. The fourth-order valence-electron chi connectivity index (χ4n) is 2.49. The topological polar surface area (TPSA) is 35.8 Å². The maximum absolute atomic E-state index is 12.8. The molecule has 1 N–H and O–H groups in total. The molecule has 2 nitrogen and oxygen atoms in total. The number of nitriles is 1. The zero-order chi connectivity index (χ0) is 15.3. The molecule has 1 aromatic rings. The summed E-state index contributed by atoms with van der Waals surface area (Å²) in [5, 5.41) is 11.7. The van der Waals surface area contributed by atoms with E-state index in [0.717, 1.165) is 25.3 Å². The van der Waals surface area contributed by atoms with Gasteiger partial charge in [0.25, 0.3) is 0 Å². The molecule has 0 fully saturated rings. The zero-order valence-electron chi connectivity index (χ0n) is 11.6. The Morgan fingerprint density at radius 1 is 1.24 bits per heavy atom. The first kappa shape index (κ1) is 15.4. The highest BCUT2D eigenvalue weighted by Crippen LogP contribution is 2.33. The van der Waals surface area contributed by atoms with E-state index in [1.54, 1.807) is 6.07 Å². The number of rotatable bonds is 4. The first-order valence-electron chi connectivity index (χ1n) is 7.04. The lowest BCUT2D eigenvalue weighted by molar-refractivity contribution is -0.137. The summed E-state index contributed by atoms with van der Waals surface area (Å²) in [6.07, 6.45) is 3.18. The first-order chi connectivity index (χ1) is 10.0. The van der Waals surface area contributed by atoms with Crippen molar-refractivity contribution in [1.29, 1.82) is 5.26 Å². The van der Waals surface area contributed by atoms with Crippen LogP contribution in [0.3, 0.4) is 0 Å². The second-order valence-corrected chi connectivity index (χ2v) is 5.15. The van der Waals surface area contributed by atoms with Crippen molar-refractivity contribution >= 4 is 5.69 Å². The summed E-state index contributed by atoms with van der Waals surface area (Å²) in [6.45, 7) is 0.606. The summed E-state index contributed by atoms with van der Waals surface area (Å²) < 4.78 is 38.5. The number of nitrogens with zero attached hydrogens (tertiary/aromatic N) is 1. The van der Waals surface area contributed by atoms with Gasteiger partial charge in [-0.2, -0.15) is 18.4 Å². The third-order valence-electron chi connectivity index (χ3n) is 3.61. The van der Waals surface area contributed by atoms with Crippen molar-refractivity contribution in [3.05, 3.63) is 41.0 Å². The van der Waals surface area contributed by atoms with Gasteiger partial charge >= 0.3 is 6.18 Å². The van der Waals surface area contributed by atoms with E-state index in [4.69, 9.17) is 5.26 Å². The monoisotopic (exact) mass is 294 g/mol. The Hall–Kier alpha value is -1.96. The van der Waals surface area contributed by atoms with Crippen LogP contribution in [0.2, 0.25) is 0 Å². The highest BCUT2D eigenvalue weighted by molar-refractivity contribution is 5.53. The third-order valence-corrected chi connectivity index (χ3v) is 3.61. The van der Waals surface area contributed by atoms with Crippen LogP contribution < -0.4 is 5.32 Å². The number of nitrogens with one attached hydrogen (secondary N) is 1. The second kappa shape index (κ2) is 6.66. The Labute approximate surface area is 122 Å². The fraction of sp³-hybridized carbons (Fsp3) is 0.438. The van der Waals surface area contributed by atoms with E-state index >= 15 is 0 Å². The van der Waals surface area contributed by atoms with Crippen molar-refractivity contribution in [3.63, 3.8) is 0 Å². The van der Waals surface area contributed by atoms with E-state index in [0.29, 0.717) is 12.2 Å². The van der Waals surface area contributed by atoms with Crippen LogP contribution >= 0.6 is 0 Å². The number of allylic oxidation sites excluding steroid dienone is 1. The lowest BCUT2D eigenvalue weighted by atomic mass is 9.97. The van der Waals surface area contributed by atoms with E-state index in [-0.39, 0.29) is 5.56 Å². The predicted molar refractivity (Wildman–Crippen MR) is 75.8 cm³/mol. The van der Waals surface area contributed by atoms with Crippen molar-refractivity contribution in [3.8, 4) is 6.07 Å². The number of halogens is 3. The third kappa shape index (κ3) is 4.25. The number of hydrogen-bond donors (Lipinski definition) is 1. The Bertz CT molecular complexity index is 568. The van der Waals surface area contributed by atoms with Gasteiger partial charge in [-0.25, -0.2) is 0 Å². The Kier molecular flexibility index (Phi) is 4.89. The molecule has 1 aliphatic carbocycles. The van der Waals surface area contributed by atoms with E-state index in [2.05, 4.69) is 11.4 Å². The summed E-state index contributed by atoms with van der Waals surface area (Å²) in [6, 6.07) is 5.32. The van der Waals surface area contributed by atoms with Gasteiger partial charge in [0, 0.05) is 12.2 Å². The van der Waals surface area contributed by atoms with E-state index < -0.39 is 11.7 Å². The van der Waals surface area contributed by atoms with E-state index in [1.165, 1.54) is 30.5 Å². The smallest absolute Gasteiger partial charge is 0.385 e. The fourth-order valence-corrected chi connectivity index (χ4v) is 2.49. The highest BCUT2D eigenvalue weighted by atomic mass is 19.4. The number of anilines is 1. The van der Waals surface area contributed by atoms with Gasteiger partial charge in [-0.3, -0.25) is 0 Å². The molecule has 0 saturated carbocycles. The molecule has 2 rings (SSSR count). The van der Waals surface area contributed by atoms with Crippen LogP contribution in [-0.2, 0) is 6.18 Å². The maximum Gasteiger partial charge on any atom is 0.417 e. The van der Waals surface area contributed by atoms with Crippen molar-refractivity contribution in [2.45, 2.75) is 38.3 Å². The van der Waals surface area contributed by atoms with Gasteiger partial charge in [0.15, 0.2) is 0 Å². The van der Waals surface area contributed by atoms with Crippen LogP contribution in [0.4, 0.5) is 18.9 Å². The quantitative estimate of drug-likeness (QED) is 0.803. The summed E-state index contributed by atoms with van der Waals surface area (Å²) in [7, 11) is 0. The minimum Gasteiger partial charge on any atom is -0.385 e. The minimum atomic E-state index is -4.51. The molecule has 0 radical (unpaired) electrons. The lowest BCUT2D eigenvalue weighted by Gasteiger charge is -2.15. The molecule has 21 heavy (non-hydrogen) atoms. The van der Waals surface area contributed by atoms with Crippen LogP contribution in [-0.4, -0.2) is 6.54 Å². The average molecular weight is 294 g/mol. The van der Waals surface area contributed by atoms with Gasteiger partial charge in [-0.05, 0) is 50.3 Å². The molecule has 0 aromatic heterocycles. The van der Waals surface area contributed by atoms with Crippen LogP contribution in [0, 0.1) is 11.3 Å².